The first-order chi connectivity index (χ1) is 12.0. The fraction of sp³-hybridized carbons (Fsp3) is 0.211. The Morgan fingerprint density at radius 2 is 1.68 bits per heavy atom. The summed E-state index contributed by atoms with van der Waals surface area (Å²) < 4.78 is 3.10. The predicted molar refractivity (Wildman–Crippen MR) is 96.9 cm³/mol. The van der Waals surface area contributed by atoms with Crippen molar-refractivity contribution < 1.29 is 9.59 Å². The van der Waals surface area contributed by atoms with Gasteiger partial charge >= 0.3 is 5.69 Å². The van der Waals surface area contributed by atoms with Gasteiger partial charge in [-0.25, -0.2) is 4.79 Å². The van der Waals surface area contributed by atoms with Crippen molar-refractivity contribution >= 4 is 28.4 Å². The quantitative estimate of drug-likeness (QED) is 0.728. The molecular formula is C19H19N3O3. The Morgan fingerprint density at radius 1 is 1.00 bits per heavy atom. The highest BCUT2D eigenvalue weighted by molar-refractivity contribution is 5.97. The van der Waals surface area contributed by atoms with Gasteiger partial charge in [-0.05, 0) is 38.1 Å². The van der Waals surface area contributed by atoms with E-state index in [0.29, 0.717) is 17.8 Å². The van der Waals surface area contributed by atoms with Crippen molar-refractivity contribution in [3.8, 4) is 0 Å². The lowest BCUT2D eigenvalue weighted by Crippen LogP contribution is -2.29. The number of imidazole rings is 1. The molecule has 0 atom stereocenters. The fourth-order valence-electron chi connectivity index (χ4n) is 2.89. The van der Waals surface area contributed by atoms with Crippen molar-refractivity contribution in [2.24, 2.45) is 0 Å². The zero-order valence-electron chi connectivity index (χ0n) is 14.2. The van der Waals surface area contributed by atoms with Crippen molar-refractivity contribution in [3.05, 3.63) is 64.6 Å². The number of fused-ring (bicyclic) bond motifs is 1. The first-order valence-electron chi connectivity index (χ1n) is 8.10. The second-order valence-electron chi connectivity index (χ2n) is 5.79. The molecule has 3 aromatic rings. The number of aryl methyl sites for hydroxylation is 1. The molecule has 0 radical (unpaired) electrons. The number of nitrogens with one attached hydrogen (secondary N) is 1. The van der Waals surface area contributed by atoms with Gasteiger partial charge in [0.05, 0.1) is 11.0 Å². The van der Waals surface area contributed by atoms with E-state index in [9.17, 15) is 14.4 Å². The molecule has 0 spiro atoms. The Balaban J connectivity index is 1.88. The molecule has 0 bridgehead atoms. The molecule has 1 aromatic heterocycles. The van der Waals surface area contributed by atoms with Crippen LogP contribution in [0.3, 0.4) is 0 Å². The lowest BCUT2D eigenvalue weighted by atomic mass is 10.1. The standard InChI is InChI=1S/C19H19N3O3/c1-3-21-16-9-4-5-10-17(16)22(19(21)25)12-18(24)20-15-8-6-7-14(11-15)13(2)23/h4-11H,3,12H2,1-2H3,(H,20,24). The molecule has 128 valence electrons. The number of hydrogen-bond acceptors (Lipinski definition) is 3. The molecule has 1 amide bonds. The minimum atomic E-state index is -0.318. The van der Waals surface area contributed by atoms with Crippen LogP contribution in [0.5, 0.6) is 0 Å². The average Bonchev–Trinajstić information content (AvgIpc) is 2.86. The van der Waals surface area contributed by atoms with Gasteiger partial charge in [-0.3, -0.25) is 18.7 Å². The second kappa shape index (κ2) is 6.76. The summed E-state index contributed by atoms with van der Waals surface area (Å²) in [5, 5.41) is 2.74. The third-order valence-electron chi connectivity index (χ3n) is 4.10. The number of hydrogen-bond donors (Lipinski definition) is 1. The summed E-state index contributed by atoms with van der Waals surface area (Å²) in [4.78, 5) is 36.4. The van der Waals surface area contributed by atoms with E-state index in [1.54, 1.807) is 28.8 Å². The van der Waals surface area contributed by atoms with E-state index in [0.717, 1.165) is 11.0 Å². The van der Waals surface area contributed by atoms with Crippen LogP contribution in [0, 0.1) is 0 Å². The highest BCUT2D eigenvalue weighted by Gasteiger charge is 2.14. The van der Waals surface area contributed by atoms with Gasteiger partial charge in [-0.15, -0.1) is 0 Å². The second-order valence-corrected chi connectivity index (χ2v) is 5.79. The predicted octanol–water partition coefficient (Wildman–Crippen LogP) is 2.66. The Hall–Kier alpha value is -3.15. The van der Waals surface area contributed by atoms with Gasteiger partial charge in [0.25, 0.3) is 0 Å². The van der Waals surface area contributed by atoms with Crippen LogP contribution in [0.25, 0.3) is 11.0 Å². The number of para-hydroxylation sites is 2. The molecule has 25 heavy (non-hydrogen) atoms. The number of carbonyl (C=O) groups excluding carboxylic acids is 2. The number of rotatable bonds is 5. The Kier molecular flexibility index (Phi) is 4.52. The molecule has 3 rings (SSSR count). The van der Waals surface area contributed by atoms with Crippen molar-refractivity contribution in [3.63, 3.8) is 0 Å². The number of nitrogens with zero attached hydrogens (tertiary/aromatic N) is 2. The lowest BCUT2D eigenvalue weighted by Gasteiger charge is -2.07. The minimum absolute atomic E-state index is 0.0710. The van der Waals surface area contributed by atoms with E-state index in [2.05, 4.69) is 5.32 Å². The van der Waals surface area contributed by atoms with E-state index in [-0.39, 0.29) is 23.9 Å². The van der Waals surface area contributed by atoms with Gasteiger partial charge in [-0.2, -0.15) is 0 Å². The Bertz CT molecular complexity index is 1010. The van der Waals surface area contributed by atoms with Crippen molar-refractivity contribution in [1.82, 2.24) is 9.13 Å². The number of aromatic nitrogens is 2. The van der Waals surface area contributed by atoms with Gasteiger partial charge in [0, 0.05) is 17.8 Å². The summed E-state index contributed by atoms with van der Waals surface area (Å²) in [6, 6.07) is 14.1. The van der Waals surface area contributed by atoms with Crippen LogP contribution in [0.2, 0.25) is 0 Å². The number of Topliss-reactive ketones (excluding diaryl/α,β-unsaturated/α-hetero) is 1. The molecule has 0 aliphatic carbocycles. The summed E-state index contributed by atoms with van der Waals surface area (Å²) >= 11 is 0. The summed E-state index contributed by atoms with van der Waals surface area (Å²) in [7, 11) is 0. The van der Waals surface area contributed by atoms with E-state index in [4.69, 9.17) is 0 Å². The van der Waals surface area contributed by atoms with Crippen LogP contribution in [0.4, 0.5) is 5.69 Å². The third kappa shape index (κ3) is 3.24. The van der Waals surface area contributed by atoms with Crippen LogP contribution >= 0.6 is 0 Å². The zero-order chi connectivity index (χ0) is 18.0. The Labute approximate surface area is 144 Å². The van der Waals surface area contributed by atoms with Crippen LogP contribution < -0.4 is 11.0 Å². The van der Waals surface area contributed by atoms with Crippen molar-refractivity contribution in [1.29, 1.82) is 0 Å². The molecule has 1 heterocycles. The van der Waals surface area contributed by atoms with E-state index < -0.39 is 0 Å². The first kappa shape index (κ1) is 16.7. The molecule has 0 saturated heterocycles. The molecule has 2 aromatic carbocycles. The molecule has 6 nitrogen and oxygen atoms in total. The molecule has 0 saturated carbocycles. The number of benzene rings is 2. The number of anilines is 1. The number of amides is 1. The summed E-state index contributed by atoms with van der Waals surface area (Å²) in [6.07, 6.45) is 0. The first-order valence-corrected chi connectivity index (χ1v) is 8.10. The number of ketones is 1. The van der Waals surface area contributed by atoms with Crippen LogP contribution in [0.15, 0.2) is 53.3 Å². The van der Waals surface area contributed by atoms with E-state index >= 15 is 0 Å². The molecule has 6 heteroatoms. The normalized spacial score (nSPS) is 10.8. The summed E-state index contributed by atoms with van der Waals surface area (Å²) in [6.45, 7) is 3.82. The summed E-state index contributed by atoms with van der Waals surface area (Å²) in [5.41, 5.74) is 2.38. The fourth-order valence-corrected chi connectivity index (χ4v) is 2.89. The highest BCUT2D eigenvalue weighted by atomic mass is 16.2. The van der Waals surface area contributed by atoms with E-state index in [1.807, 2.05) is 31.2 Å². The maximum absolute atomic E-state index is 12.6. The molecule has 1 N–H and O–H groups in total. The SMILES string of the molecule is CCn1c(=O)n(CC(=O)Nc2cccc(C(C)=O)c2)c2ccccc21. The molecule has 0 aliphatic heterocycles. The molecule has 0 unspecified atom stereocenters. The molecular weight excluding hydrogens is 318 g/mol. The Morgan fingerprint density at radius 3 is 2.32 bits per heavy atom. The smallest absolute Gasteiger partial charge is 0.325 e. The maximum atomic E-state index is 12.6. The maximum Gasteiger partial charge on any atom is 0.329 e. The van der Waals surface area contributed by atoms with Crippen LogP contribution in [-0.4, -0.2) is 20.8 Å². The van der Waals surface area contributed by atoms with Gasteiger partial charge in [0.15, 0.2) is 5.78 Å². The van der Waals surface area contributed by atoms with Crippen LogP contribution in [-0.2, 0) is 17.9 Å². The molecule has 0 fully saturated rings. The average molecular weight is 337 g/mol. The van der Waals surface area contributed by atoms with Gasteiger partial charge in [0.2, 0.25) is 5.91 Å². The van der Waals surface area contributed by atoms with Crippen molar-refractivity contribution in [2.75, 3.05) is 5.32 Å². The lowest BCUT2D eigenvalue weighted by molar-refractivity contribution is -0.116. The van der Waals surface area contributed by atoms with Crippen LogP contribution in [0.1, 0.15) is 24.2 Å². The van der Waals surface area contributed by atoms with E-state index in [1.165, 1.54) is 11.5 Å². The van der Waals surface area contributed by atoms with Crippen molar-refractivity contribution in [2.45, 2.75) is 26.9 Å². The largest absolute Gasteiger partial charge is 0.329 e. The minimum Gasteiger partial charge on any atom is -0.325 e. The van der Waals surface area contributed by atoms with Gasteiger partial charge in [-0.1, -0.05) is 24.3 Å². The molecule has 0 aliphatic rings. The third-order valence-corrected chi connectivity index (χ3v) is 4.10. The van der Waals surface area contributed by atoms with Gasteiger partial charge < -0.3 is 5.32 Å². The topological polar surface area (TPSA) is 73.1 Å². The summed E-state index contributed by atoms with van der Waals surface area (Å²) in [5.74, 6) is -0.389. The van der Waals surface area contributed by atoms with Gasteiger partial charge in [0.1, 0.15) is 6.54 Å². The zero-order valence-corrected chi connectivity index (χ0v) is 14.2. The number of carbonyl (C=O) groups is 2. The highest BCUT2D eigenvalue weighted by Crippen LogP contribution is 2.14. The monoisotopic (exact) mass is 337 g/mol.